The number of aromatic nitrogens is 1. The Bertz CT molecular complexity index is 565. The zero-order chi connectivity index (χ0) is 13.9. The number of nitrogen functional groups attached to an aromatic ring is 1. The number of carbonyl (C=O) groups is 1. The number of nitrogens with two attached hydrogens (primary N) is 1. The van der Waals surface area contributed by atoms with Crippen molar-refractivity contribution in [2.24, 2.45) is 0 Å². The minimum atomic E-state index is -3.70. The highest BCUT2D eigenvalue weighted by atomic mass is 32.2. The van der Waals surface area contributed by atoms with Gasteiger partial charge in [-0.25, -0.2) is 8.42 Å². The van der Waals surface area contributed by atoms with Crippen LogP contribution in [-0.4, -0.2) is 43.1 Å². The van der Waals surface area contributed by atoms with Crippen LogP contribution in [0.2, 0.25) is 0 Å². The fourth-order valence-corrected chi connectivity index (χ4v) is 3.50. The topological polar surface area (TPSA) is 93.4 Å². The molecular formula is C12H17N3O3S. The molecule has 7 heteroatoms. The molecule has 0 atom stereocenters. The van der Waals surface area contributed by atoms with Crippen molar-refractivity contribution >= 4 is 21.4 Å². The molecule has 104 valence electrons. The summed E-state index contributed by atoms with van der Waals surface area (Å²) in [7, 11) is -3.70. The van der Waals surface area contributed by atoms with E-state index in [2.05, 4.69) is 4.98 Å². The van der Waals surface area contributed by atoms with Crippen molar-refractivity contribution < 1.29 is 13.2 Å². The van der Waals surface area contributed by atoms with Gasteiger partial charge < -0.3 is 10.6 Å². The van der Waals surface area contributed by atoms with Crippen molar-refractivity contribution in [2.45, 2.75) is 24.2 Å². The summed E-state index contributed by atoms with van der Waals surface area (Å²) in [6.45, 7) is 1.28. The van der Waals surface area contributed by atoms with E-state index in [1.54, 1.807) is 4.90 Å². The highest BCUT2D eigenvalue weighted by molar-refractivity contribution is 7.92. The first kappa shape index (κ1) is 13.8. The normalized spacial score (nSPS) is 16.3. The predicted octanol–water partition coefficient (Wildman–Crippen LogP) is 0.450. The maximum absolute atomic E-state index is 12.2. The summed E-state index contributed by atoms with van der Waals surface area (Å²) in [5.74, 6) is -0.878. The molecule has 1 saturated heterocycles. The van der Waals surface area contributed by atoms with E-state index < -0.39 is 15.6 Å². The van der Waals surface area contributed by atoms with E-state index in [-0.39, 0.29) is 16.5 Å². The number of piperidine rings is 1. The van der Waals surface area contributed by atoms with Gasteiger partial charge in [0.1, 0.15) is 5.75 Å². The number of pyridine rings is 1. The Kier molecular flexibility index (Phi) is 4.04. The van der Waals surface area contributed by atoms with Crippen LogP contribution >= 0.6 is 0 Å². The van der Waals surface area contributed by atoms with Gasteiger partial charge in [-0.2, -0.15) is 0 Å². The summed E-state index contributed by atoms with van der Waals surface area (Å²) in [6.07, 6.45) is 5.59. The van der Waals surface area contributed by atoms with Crippen LogP contribution in [0.1, 0.15) is 19.3 Å². The fourth-order valence-electron chi connectivity index (χ4n) is 2.15. The number of hydrogen-bond donors (Lipinski definition) is 1. The van der Waals surface area contributed by atoms with E-state index in [1.807, 2.05) is 0 Å². The van der Waals surface area contributed by atoms with Crippen molar-refractivity contribution in [3.8, 4) is 0 Å². The Hall–Kier alpha value is -1.63. The second-order valence-corrected chi connectivity index (χ2v) is 6.57. The Morgan fingerprint density at radius 2 is 2.00 bits per heavy atom. The van der Waals surface area contributed by atoms with Gasteiger partial charge in [0.25, 0.3) is 0 Å². The first-order valence-corrected chi connectivity index (χ1v) is 7.86. The van der Waals surface area contributed by atoms with Gasteiger partial charge in [0.05, 0.1) is 16.8 Å². The number of rotatable bonds is 3. The van der Waals surface area contributed by atoms with Gasteiger partial charge in [-0.05, 0) is 25.3 Å². The molecule has 2 rings (SSSR count). The van der Waals surface area contributed by atoms with Crippen LogP contribution in [0.4, 0.5) is 5.69 Å². The number of nitrogens with zero attached hydrogens (tertiary/aromatic N) is 2. The first-order valence-electron chi connectivity index (χ1n) is 6.21. The highest BCUT2D eigenvalue weighted by Gasteiger charge is 2.25. The second-order valence-electron chi connectivity index (χ2n) is 4.61. The second kappa shape index (κ2) is 5.56. The smallest absolute Gasteiger partial charge is 0.238 e. The lowest BCUT2D eigenvalue weighted by Gasteiger charge is -2.26. The molecule has 1 aromatic rings. The fraction of sp³-hybridized carbons (Fsp3) is 0.500. The third kappa shape index (κ3) is 3.23. The molecule has 1 fully saturated rings. The summed E-state index contributed by atoms with van der Waals surface area (Å²) in [4.78, 5) is 17.3. The van der Waals surface area contributed by atoms with E-state index in [1.165, 1.54) is 18.5 Å². The van der Waals surface area contributed by atoms with Crippen LogP contribution in [0.5, 0.6) is 0 Å². The van der Waals surface area contributed by atoms with Crippen molar-refractivity contribution in [1.29, 1.82) is 0 Å². The number of amides is 1. The number of carbonyl (C=O) groups excluding carboxylic acids is 1. The molecule has 0 unspecified atom stereocenters. The molecule has 0 radical (unpaired) electrons. The molecular weight excluding hydrogens is 266 g/mol. The van der Waals surface area contributed by atoms with Gasteiger partial charge in [-0.1, -0.05) is 0 Å². The third-order valence-electron chi connectivity index (χ3n) is 3.17. The third-order valence-corrected chi connectivity index (χ3v) is 4.84. The minimum absolute atomic E-state index is 0.0205. The summed E-state index contributed by atoms with van der Waals surface area (Å²) >= 11 is 0. The van der Waals surface area contributed by atoms with E-state index in [0.29, 0.717) is 13.1 Å². The molecule has 0 spiro atoms. The number of likely N-dealkylation sites (tertiary alicyclic amines) is 1. The van der Waals surface area contributed by atoms with Crippen LogP contribution < -0.4 is 5.73 Å². The average molecular weight is 283 g/mol. The number of anilines is 1. The quantitative estimate of drug-likeness (QED) is 0.869. The van der Waals surface area contributed by atoms with Crippen LogP contribution in [-0.2, 0) is 14.6 Å². The zero-order valence-electron chi connectivity index (χ0n) is 10.6. The number of sulfone groups is 1. The molecule has 1 aromatic heterocycles. The van der Waals surface area contributed by atoms with Crippen LogP contribution in [0.15, 0.2) is 23.4 Å². The van der Waals surface area contributed by atoms with Crippen molar-refractivity contribution in [1.82, 2.24) is 9.88 Å². The molecule has 2 heterocycles. The van der Waals surface area contributed by atoms with Gasteiger partial charge in [-0.15, -0.1) is 0 Å². The molecule has 0 bridgehead atoms. The largest absolute Gasteiger partial charge is 0.396 e. The zero-order valence-corrected chi connectivity index (χ0v) is 11.4. The summed E-state index contributed by atoms with van der Waals surface area (Å²) in [6, 6.07) is 1.33. The molecule has 1 amide bonds. The van der Waals surface area contributed by atoms with E-state index in [0.717, 1.165) is 19.3 Å². The van der Waals surface area contributed by atoms with E-state index in [9.17, 15) is 13.2 Å². The Morgan fingerprint density at radius 3 is 2.63 bits per heavy atom. The van der Waals surface area contributed by atoms with Crippen LogP contribution in [0, 0.1) is 0 Å². The van der Waals surface area contributed by atoms with Crippen molar-refractivity contribution in [3.63, 3.8) is 0 Å². The number of hydrogen-bond acceptors (Lipinski definition) is 5. The van der Waals surface area contributed by atoms with Gasteiger partial charge >= 0.3 is 0 Å². The lowest BCUT2D eigenvalue weighted by molar-refractivity contribution is -0.129. The highest BCUT2D eigenvalue weighted by Crippen LogP contribution is 2.18. The Labute approximate surface area is 112 Å². The van der Waals surface area contributed by atoms with Crippen molar-refractivity contribution in [3.05, 3.63) is 18.5 Å². The average Bonchev–Trinajstić information content (AvgIpc) is 2.39. The Balaban J connectivity index is 2.13. The van der Waals surface area contributed by atoms with Crippen LogP contribution in [0.25, 0.3) is 0 Å². The molecule has 0 aliphatic carbocycles. The maximum atomic E-state index is 12.2. The monoisotopic (exact) mass is 283 g/mol. The summed E-state index contributed by atoms with van der Waals surface area (Å²) < 4.78 is 24.3. The molecule has 6 nitrogen and oxygen atoms in total. The van der Waals surface area contributed by atoms with Crippen molar-refractivity contribution in [2.75, 3.05) is 24.6 Å². The lowest BCUT2D eigenvalue weighted by Crippen LogP contribution is -2.39. The van der Waals surface area contributed by atoms with E-state index >= 15 is 0 Å². The minimum Gasteiger partial charge on any atom is -0.396 e. The summed E-state index contributed by atoms with van der Waals surface area (Å²) in [5.41, 5.74) is 5.67. The van der Waals surface area contributed by atoms with Gasteiger partial charge in [0, 0.05) is 19.3 Å². The van der Waals surface area contributed by atoms with Gasteiger partial charge in [0.15, 0.2) is 9.84 Å². The SMILES string of the molecule is Nc1cnccc1S(=O)(=O)CC(=O)N1CCCCC1. The maximum Gasteiger partial charge on any atom is 0.238 e. The van der Waals surface area contributed by atoms with Crippen LogP contribution in [0.3, 0.4) is 0 Å². The van der Waals surface area contributed by atoms with Gasteiger partial charge in [-0.3, -0.25) is 9.78 Å². The van der Waals surface area contributed by atoms with E-state index in [4.69, 9.17) is 5.73 Å². The molecule has 0 saturated carbocycles. The standard InChI is InChI=1S/C12H17N3O3S/c13-10-8-14-5-4-11(10)19(17,18)9-12(16)15-6-2-1-3-7-15/h4-5,8H,1-3,6-7,9,13H2. The molecule has 1 aliphatic rings. The molecule has 19 heavy (non-hydrogen) atoms. The molecule has 2 N–H and O–H groups in total. The summed E-state index contributed by atoms with van der Waals surface area (Å²) in [5, 5.41) is 0. The Morgan fingerprint density at radius 1 is 1.32 bits per heavy atom. The predicted molar refractivity (Wildman–Crippen MR) is 71.1 cm³/mol. The lowest BCUT2D eigenvalue weighted by atomic mass is 10.1. The first-order chi connectivity index (χ1) is 9.00. The molecule has 1 aliphatic heterocycles. The molecule has 0 aromatic carbocycles. The van der Waals surface area contributed by atoms with Gasteiger partial charge in [0.2, 0.25) is 5.91 Å².